The molecule has 4 aromatic rings. The SMILES string of the molecule is Cc1ccc(Cl)cc1NCc1c(OCc2ccc(Br)cc2)ccc2ccccc12. The van der Waals surface area contributed by atoms with Crippen molar-refractivity contribution in [2.75, 3.05) is 5.32 Å². The first-order chi connectivity index (χ1) is 14.1. The van der Waals surface area contributed by atoms with E-state index in [1.165, 1.54) is 10.8 Å². The number of fused-ring (bicyclic) bond motifs is 1. The molecule has 0 saturated heterocycles. The van der Waals surface area contributed by atoms with E-state index in [1.807, 2.05) is 30.3 Å². The smallest absolute Gasteiger partial charge is 0.125 e. The third-order valence-corrected chi connectivity index (χ3v) is 5.72. The van der Waals surface area contributed by atoms with Gasteiger partial charge < -0.3 is 10.1 Å². The van der Waals surface area contributed by atoms with Crippen molar-refractivity contribution in [3.05, 3.63) is 105 Å². The molecule has 0 fully saturated rings. The minimum absolute atomic E-state index is 0.523. The Hall–Kier alpha value is -2.49. The Morgan fingerprint density at radius 2 is 1.72 bits per heavy atom. The quantitative estimate of drug-likeness (QED) is 0.313. The number of halogens is 2. The van der Waals surface area contributed by atoms with Gasteiger partial charge in [0.15, 0.2) is 0 Å². The zero-order valence-corrected chi connectivity index (χ0v) is 18.4. The normalized spacial score (nSPS) is 10.9. The van der Waals surface area contributed by atoms with Crippen molar-refractivity contribution in [3.8, 4) is 5.75 Å². The van der Waals surface area contributed by atoms with Gasteiger partial charge in [0.2, 0.25) is 0 Å². The molecule has 0 aromatic heterocycles. The summed E-state index contributed by atoms with van der Waals surface area (Å²) in [6.07, 6.45) is 0. The Morgan fingerprint density at radius 3 is 2.55 bits per heavy atom. The van der Waals surface area contributed by atoms with Crippen LogP contribution in [0.2, 0.25) is 5.02 Å². The van der Waals surface area contributed by atoms with Gasteiger partial charge in [-0.2, -0.15) is 0 Å². The van der Waals surface area contributed by atoms with Crippen LogP contribution in [0.25, 0.3) is 10.8 Å². The van der Waals surface area contributed by atoms with Crippen LogP contribution >= 0.6 is 27.5 Å². The molecule has 4 heteroatoms. The average Bonchev–Trinajstić information content (AvgIpc) is 2.74. The molecule has 0 atom stereocenters. The first kappa shape index (κ1) is 19.8. The van der Waals surface area contributed by atoms with Crippen LogP contribution in [0.1, 0.15) is 16.7 Å². The van der Waals surface area contributed by atoms with E-state index in [1.54, 1.807) is 0 Å². The number of rotatable bonds is 6. The van der Waals surface area contributed by atoms with Crippen molar-refractivity contribution >= 4 is 44.0 Å². The lowest BCUT2D eigenvalue weighted by Gasteiger charge is -2.17. The van der Waals surface area contributed by atoms with Gasteiger partial charge in [-0.1, -0.05) is 76.1 Å². The van der Waals surface area contributed by atoms with Gasteiger partial charge in [0, 0.05) is 27.3 Å². The maximum atomic E-state index is 6.23. The number of anilines is 1. The summed E-state index contributed by atoms with van der Waals surface area (Å²) in [7, 11) is 0. The fourth-order valence-corrected chi connectivity index (χ4v) is 3.78. The maximum absolute atomic E-state index is 6.23. The van der Waals surface area contributed by atoms with Crippen LogP contribution < -0.4 is 10.1 Å². The first-order valence-electron chi connectivity index (χ1n) is 9.48. The molecular formula is C25H21BrClNO. The van der Waals surface area contributed by atoms with E-state index < -0.39 is 0 Å². The Bertz CT molecular complexity index is 1140. The molecule has 0 aliphatic carbocycles. The van der Waals surface area contributed by atoms with E-state index in [0.29, 0.717) is 13.2 Å². The minimum atomic E-state index is 0.523. The van der Waals surface area contributed by atoms with E-state index >= 15 is 0 Å². The zero-order valence-electron chi connectivity index (χ0n) is 16.1. The highest BCUT2D eigenvalue weighted by atomic mass is 79.9. The summed E-state index contributed by atoms with van der Waals surface area (Å²) < 4.78 is 7.30. The predicted molar refractivity (Wildman–Crippen MR) is 126 cm³/mol. The van der Waals surface area contributed by atoms with E-state index in [2.05, 4.69) is 76.7 Å². The van der Waals surface area contributed by atoms with Gasteiger partial charge in [-0.15, -0.1) is 0 Å². The Morgan fingerprint density at radius 1 is 0.931 bits per heavy atom. The van der Waals surface area contributed by atoms with Crippen LogP contribution in [0.4, 0.5) is 5.69 Å². The van der Waals surface area contributed by atoms with Crippen molar-refractivity contribution in [2.24, 2.45) is 0 Å². The summed E-state index contributed by atoms with van der Waals surface area (Å²) in [5.74, 6) is 0.888. The second-order valence-corrected chi connectivity index (χ2v) is 8.34. The molecule has 4 aromatic carbocycles. The van der Waals surface area contributed by atoms with Gasteiger partial charge in [-0.3, -0.25) is 0 Å². The van der Waals surface area contributed by atoms with Gasteiger partial charge in [0.05, 0.1) is 0 Å². The molecule has 0 amide bonds. The number of hydrogen-bond donors (Lipinski definition) is 1. The summed E-state index contributed by atoms with van der Waals surface area (Å²) >= 11 is 9.66. The Kier molecular flexibility index (Phi) is 6.08. The van der Waals surface area contributed by atoms with Gasteiger partial charge in [0.25, 0.3) is 0 Å². The monoisotopic (exact) mass is 465 g/mol. The summed E-state index contributed by atoms with van der Waals surface area (Å²) in [6, 6.07) is 26.7. The zero-order chi connectivity index (χ0) is 20.2. The average molecular weight is 467 g/mol. The Balaban J connectivity index is 1.63. The number of nitrogens with one attached hydrogen (secondary N) is 1. The van der Waals surface area contributed by atoms with E-state index in [9.17, 15) is 0 Å². The minimum Gasteiger partial charge on any atom is -0.489 e. The van der Waals surface area contributed by atoms with E-state index in [4.69, 9.17) is 16.3 Å². The fraction of sp³-hybridized carbons (Fsp3) is 0.120. The highest BCUT2D eigenvalue weighted by molar-refractivity contribution is 9.10. The maximum Gasteiger partial charge on any atom is 0.125 e. The number of aryl methyl sites for hydroxylation is 1. The Labute approximate surface area is 184 Å². The first-order valence-corrected chi connectivity index (χ1v) is 10.6. The molecule has 0 aliphatic heterocycles. The molecule has 0 radical (unpaired) electrons. The molecule has 146 valence electrons. The highest BCUT2D eigenvalue weighted by Gasteiger charge is 2.10. The summed E-state index contributed by atoms with van der Waals surface area (Å²) in [5.41, 5.74) is 4.46. The summed E-state index contributed by atoms with van der Waals surface area (Å²) in [6.45, 7) is 3.25. The van der Waals surface area contributed by atoms with Gasteiger partial charge in [0.1, 0.15) is 12.4 Å². The molecule has 0 unspecified atom stereocenters. The molecule has 29 heavy (non-hydrogen) atoms. The summed E-state index contributed by atoms with van der Waals surface area (Å²) in [4.78, 5) is 0. The van der Waals surface area contributed by atoms with Crippen molar-refractivity contribution in [1.82, 2.24) is 0 Å². The third-order valence-electron chi connectivity index (χ3n) is 4.96. The van der Waals surface area contributed by atoms with Crippen LogP contribution in [0.5, 0.6) is 5.75 Å². The molecule has 4 rings (SSSR count). The molecular weight excluding hydrogens is 446 g/mol. The lowest BCUT2D eigenvalue weighted by Crippen LogP contribution is -2.05. The van der Waals surface area contributed by atoms with Crippen LogP contribution in [0.15, 0.2) is 83.3 Å². The highest BCUT2D eigenvalue weighted by Crippen LogP contribution is 2.30. The topological polar surface area (TPSA) is 21.3 Å². The largest absolute Gasteiger partial charge is 0.489 e. The molecule has 0 aliphatic rings. The van der Waals surface area contributed by atoms with Gasteiger partial charge >= 0.3 is 0 Å². The fourth-order valence-electron chi connectivity index (χ4n) is 3.34. The van der Waals surface area contributed by atoms with Crippen LogP contribution in [0, 0.1) is 6.92 Å². The second kappa shape index (κ2) is 8.89. The molecule has 0 heterocycles. The molecule has 0 saturated carbocycles. The molecule has 1 N–H and O–H groups in total. The van der Waals surface area contributed by atoms with Crippen molar-refractivity contribution < 1.29 is 4.74 Å². The lowest BCUT2D eigenvalue weighted by atomic mass is 10.0. The van der Waals surface area contributed by atoms with Crippen molar-refractivity contribution in [1.29, 1.82) is 0 Å². The van der Waals surface area contributed by atoms with Crippen molar-refractivity contribution in [3.63, 3.8) is 0 Å². The van der Waals surface area contributed by atoms with Crippen LogP contribution in [-0.4, -0.2) is 0 Å². The standard InChI is InChI=1S/C25H21BrClNO/c1-17-6-12-21(27)14-24(17)28-15-23-22-5-3-2-4-19(22)9-13-25(23)29-16-18-7-10-20(26)11-8-18/h2-14,28H,15-16H2,1H3. The molecule has 0 bridgehead atoms. The predicted octanol–water partition coefficient (Wildman–Crippen LogP) is 7.76. The van der Waals surface area contributed by atoms with Gasteiger partial charge in [-0.05, 0) is 59.2 Å². The molecule has 0 spiro atoms. The van der Waals surface area contributed by atoms with Crippen LogP contribution in [0.3, 0.4) is 0 Å². The lowest BCUT2D eigenvalue weighted by molar-refractivity contribution is 0.304. The van der Waals surface area contributed by atoms with Crippen LogP contribution in [-0.2, 0) is 13.2 Å². The van der Waals surface area contributed by atoms with E-state index in [0.717, 1.165) is 37.6 Å². The molecule has 2 nitrogen and oxygen atoms in total. The number of hydrogen-bond acceptors (Lipinski definition) is 2. The number of ether oxygens (including phenoxy) is 1. The van der Waals surface area contributed by atoms with Gasteiger partial charge in [-0.25, -0.2) is 0 Å². The third kappa shape index (κ3) is 4.75. The second-order valence-electron chi connectivity index (χ2n) is 6.99. The number of benzene rings is 4. The summed E-state index contributed by atoms with van der Waals surface area (Å²) in [5, 5.41) is 6.65. The van der Waals surface area contributed by atoms with Crippen molar-refractivity contribution in [2.45, 2.75) is 20.1 Å². The van der Waals surface area contributed by atoms with E-state index in [-0.39, 0.29) is 0 Å².